The van der Waals surface area contributed by atoms with Crippen LogP contribution in [0.4, 0.5) is 0 Å². The fourth-order valence-corrected chi connectivity index (χ4v) is 11.2. The summed E-state index contributed by atoms with van der Waals surface area (Å²) in [7, 11) is -9.98. The van der Waals surface area contributed by atoms with Gasteiger partial charge in [0.15, 0.2) is 12.2 Å². The molecule has 0 radical (unpaired) electrons. The van der Waals surface area contributed by atoms with Gasteiger partial charge in [0.25, 0.3) is 0 Å². The molecule has 0 aliphatic heterocycles. The predicted molar refractivity (Wildman–Crippen MR) is 408 cm³/mol. The van der Waals surface area contributed by atoms with Gasteiger partial charge in [0, 0.05) is 25.7 Å². The molecular formula is C81H134O17P2. The number of carbonyl (C=O) groups excluding carboxylic acids is 4. The van der Waals surface area contributed by atoms with Gasteiger partial charge in [-0.1, -0.05) is 251 Å². The number of carbonyl (C=O) groups is 4. The Morgan fingerprint density at radius 2 is 0.490 bits per heavy atom. The fourth-order valence-electron chi connectivity index (χ4n) is 9.63. The van der Waals surface area contributed by atoms with Crippen LogP contribution in [0.15, 0.2) is 146 Å². The zero-order chi connectivity index (χ0) is 73.2. The minimum absolute atomic E-state index is 0.0669. The van der Waals surface area contributed by atoms with Gasteiger partial charge in [-0.2, -0.15) is 0 Å². The zero-order valence-electron chi connectivity index (χ0n) is 62.1. The van der Waals surface area contributed by atoms with E-state index in [0.717, 1.165) is 205 Å². The van der Waals surface area contributed by atoms with Crippen LogP contribution in [0, 0.1) is 0 Å². The quantitative estimate of drug-likeness (QED) is 0.0169. The Hall–Kier alpha value is -5.06. The molecule has 0 aromatic rings. The van der Waals surface area contributed by atoms with Crippen molar-refractivity contribution in [2.24, 2.45) is 0 Å². The fraction of sp³-hybridized carbons (Fsp3) is 0.654. The van der Waals surface area contributed by atoms with Gasteiger partial charge in [-0.05, 0) is 154 Å². The third-order valence-electron chi connectivity index (χ3n) is 15.3. The first-order valence-corrected chi connectivity index (χ1v) is 41.1. The van der Waals surface area contributed by atoms with Gasteiger partial charge in [0.2, 0.25) is 0 Å². The molecule has 0 aliphatic carbocycles. The van der Waals surface area contributed by atoms with E-state index in [0.29, 0.717) is 25.7 Å². The van der Waals surface area contributed by atoms with Crippen LogP contribution in [0.2, 0.25) is 0 Å². The second-order valence-corrected chi connectivity index (χ2v) is 27.7. The molecule has 0 aromatic heterocycles. The number of allylic oxidation sites excluding steroid dienone is 24. The Balaban J connectivity index is 5.42. The molecule has 4 unspecified atom stereocenters. The largest absolute Gasteiger partial charge is 0.472 e. The number of ether oxygens (including phenoxy) is 4. The maximum absolute atomic E-state index is 13.1. The third kappa shape index (κ3) is 71.3. The van der Waals surface area contributed by atoms with Crippen LogP contribution in [-0.2, 0) is 65.4 Å². The molecule has 0 amide bonds. The normalized spacial score (nSPS) is 14.8. The molecule has 17 nitrogen and oxygen atoms in total. The van der Waals surface area contributed by atoms with Crippen LogP contribution in [0.1, 0.15) is 285 Å². The molecule has 0 rings (SSSR count). The number of aliphatic hydroxyl groups excluding tert-OH is 1. The Bertz CT molecular complexity index is 2300. The van der Waals surface area contributed by atoms with Crippen molar-refractivity contribution in [2.75, 3.05) is 39.6 Å². The molecule has 0 aliphatic rings. The Labute approximate surface area is 605 Å². The molecule has 0 bridgehead atoms. The van der Waals surface area contributed by atoms with Gasteiger partial charge in [-0.3, -0.25) is 37.3 Å². The molecule has 0 spiro atoms. The topological polar surface area (TPSA) is 237 Å². The van der Waals surface area contributed by atoms with Crippen LogP contribution in [-0.4, -0.2) is 96.7 Å². The van der Waals surface area contributed by atoms with Crippen LogP contribution in [0.3, 0.4) is 0 Å². The van der Waals surface area contributed by atoms with E-state index in [1.807, 2.05) is 0 Å². The summed E-state index contributed by atoms with van der Waals surface area (Å²) in [4.78, 5) is 72.9. The monoisotopic (exact) mass is 1440 g/mol. The number of unbranched alkanes of at least 4 members (excludes halogenated alkanes) is 20. The molecule has 4 atom stereocenters. The van der Waals surface area contributed by atoms with Gasteiger partial charge < -0.3 is 33.8 Å². The first-order chi connectivity index (χ1) is 48.7. The minimum Gasteiger partial charge on any atom is -0.462 e. The summed E-state index contributed by atoms with van der Waals surface area (Å²) in [6.07, 6.45) is 81.2. The lowest BCUT2D eigenvalue weighted by Crippen LogP contribution is -2.30. The van der Waals surface area contributed by atoms with E-state index in [1.165, 1.54) is 0 Å². The van der Waals surface area contributed by atoms with Crippen molar-refractivity contribution in [3.05, 3.63) is 146 Å². The molecule has 3 N–H and O–H groups in total. The Kier molecular flexibility index (Phi) is 68.6. The first-order valence-electron chi connectivity index (χ1n) is 38.1. The molecule has 0 saturated carbocycles. The van der Waals surface area contributed by atoms with E-state index in [1.54, 1.807) is 0 Å². The highest BCUT2D eigenvalue weighted by atomic mass is 31.2. The summed E-state index contributed by atoms with van der Waals surface area (Å²) in [5, 5.41) is 10.6. The Morgan fingerprint density at radius 1 is 0.280 bits per heavy atom. The van der Waals surface area contributed by atoms with E-state index in [4.69, 9.17) is 37.0 Å². The highest BCUT2D eigenvalue weighted by Gasteiger charge is 2.30. The molecule has 0 aromatic carbocycles. The van der Waals surface area contributed by atoms with Crippen LogP contribution >= 0.6 is 15.6 Å². The summed E-state index contributed by atoms with van der Waals surface area (Å²) < 4.78 is 68.5. The van der Waals surface area contributed by atoms with Crippen LogP contribution in [0.25, 0.3) is 0 Å². The smallest absolute Gasteiger partial charge is 0.462 e. The van der Waals surface area contributed by atoms with Crippen molar-refractivity contribution in [3.8, 4) is 0 Å². The first kappa shape index (κ1) is 94.9. The van der Waals surface area contributed by atoms with Gasteiger partial charge in [0.05, 0.1) is 26.4 Å². The van der Waals surface area contributed by atoms with E-state index in [-0.39, 0.29) is 25.7 Å². The number of aliphatic hydroxyl groups is 1. The number of hydrogen-bond acceptors (Lipinski definition) is 15. The molecule has 100 heavy (non-hydrogen) atoms. The van der Waals surface area contributed by atoms with Gasteiger partial charge in [0.1, 0.15) is 19.3 Å². The summed E-state index contributed by atoms with van der Waals surface area (Å²) in [5.74, 6) is -2.26. The summed E-state index contributed by atoms with van der Waals surface area (Å²) in [5.41, 5.74) is 0. The average Bonchev–Trinajstić information content (AvgIpc) is 1.01. The number of hydrogen-bond donors (Lipinski definition) is 3. The molecule has 0 saturated heterocycles. The zero-order valence-corrected chi connectivity index (χ0v) is 63.9. The maximum Gasteiger partial charge on any atom is 0.472 e. The molecule has 19 heteroatoms. The van der Waals surface area contributed by atoms with Gasteiger partial charge in [-0.15, -0.1) is 0 Å². The summed E-state index contributed by atoms with van der Waals surface area (Å²) >= 11 is 0. The van der Waals surface area contributed by atoms with Gasteiger partial charge >= 0.3 is 39.5 Å². The molecule has 570 valence electrons. The standard InChI is InChI=1S/C81H134O17P2/c1-5-9-13-17-21-25-29-33-37-41-45-49-53-57-61-65-78(83)91-71-76(97-80(85)67-63-59-55-51-47-43-39-35-31-27-23-19-15-11-7-3)73-95-99(87,88)93-69-75(82)70-94-100(89,90)96-74-77(98-81(86)68-64-60-56-52-48-44-40-36-32-28-24-20-16-12-8-4)72-92-79(84)66-62-58-54-50-46-42-38-34-30-26-22-18-14-10-6-2/h9-16,21-28,33-40,75-77,82H,5-8,17-20,29-32,41-74H2,1-4H3,(H,87,88)(H,89,90)/b13-9-,14-10-,15-11-,16-12-,25-21-,26-22-,27-23-,28-24-,37-33-,38-34-,39-35-,40-36-. The number of phosphoric ester groups is 2. The third-order valence-corrected chi connectivity index (χ3v) is 17.2. The molecule has 0 heterocycles. The predicted octanol–water partition coefficient (Wildman–Crippen LogP) is 21.9. The Morgan fingerprint density at radius 3 is 0.750 bits per heavy atom. The molecular weight excluding hydrogens is 1310 g/mol. The number of esters is 4. The van der Waals surface area contributed by atoms with Gasteiger partial charge in [-0.25, -0.2) is 9.13 Å². The van der Waals surface area contributed by atoms with Crippen LogP contribution in [0.5, 0.6) is 0 Å². The highest BCUT2D eigenvalue weighted by Crippen LogP contribution is 2.45. The highest BCUT2D eigenvalue weighted by molar-refractivity contribution is 7.47. The van der Waals surface area contributed by atoms with Crippen molar-refractivity contribution < 1.29 is 80.2 Å². The van der Waals surface area contributed by atoms with Crippen molar-refractivity contribution in [1.82, 2.24) is 0 Å². The summed E-state index contributed by atoms with van der Waals surface area (Å²) in [6, 6.07) is 0. The number of rotatable bonds is 70. The van der Waals surface area contributed by atoms with E-state index < -0.39 is 97.5 Å². The average molecular weight is 1440 g/mol. The van der Waals surface area contributed by atoms with E-state index in [9.17, 15) is 43.2 Å². The lowest BCUT2D eigenvalue weighted by Gasteiger charge is -2.21. The summed E-state index contributed by atoms with van der Waals surface area (Å²) in [6.45, 7) is 4.34. The van der Waals surface area contributed by atoms with E-state index >= 15 is 0 Å². The number of phosphoric acid groups is 2. The lowest BCUT2D eigenvalue weighted by atomic mass is 10.1. The maximum atomic E-state index is 13.1. The second kappa shape index (κ2) is 72.3. The second-order valence-electron chi connectivity index (χ2n) is 24.8. The van der Waals surface area contributed by atoms with Crippen molar-refractivity contribution in [1.29, 1.82) is 0 Å². The van der Waals surface area contributed by atoms with Crippen molar-refractivity contribution in [2.45, 2.75) is 303 Å². The minimum atomic E-state index is -4.99. The molecule has 0 fully saturated rings. The van der Waals surface area contributed by atoms with Crippen LogP contribution < -0.4 is 0 Å². The van der Waals surface area contributed by atoms with Crippen molar-refractivity contribution in [3.63, 3.8) is 0 Å². The van der Waals surface area contributed by atoms with Crippen molar-refractivity contribution >= 4 is 39.5 Å². The SMILES string of the molecule is CC/C=C\C/C=C\C/C=C\CCCCCCCC(=O)OCC(COP(=O)(O)OCC(O)COP(=O)(O)OCC(COC(=O)CCCCCCC/C=C\C/C=C\C/C=C\CC)OC(=O)CCCCCCC/C=C\C/C=C\C/C=C\CC)OC(=O)CCCCCCC/C=C\C/C=C\C/C=C\CC. The lowest BCUT2D eigenvalue weighted by molar-refractivity contribution is -0.161. The van der Waals surface area contributed by atoms with E-state index in [2.05, 4.69) is 174 Å².